The first-order valence-corrected chi connectivity index (χ1v) is 6.21. The molecule has 0 saturated heterocycles. The van der Waals surface area contributed by atoms with Gasteiger partial charge >= 0.3 is 0 Å². The minimum Gasteiger partial charge on any atom is -0.351 e. The van der Waals surface area contributed by atoms with Gasteiger partial charge < -0.3 is 5.32 Å². The number of benzene rings is 2. The molecule has 0 atom stereocenters. The minimum atomic E-state index is 0.590. The fraction of sp³-hybridized carbons (Fsp3) is 0.133. The van der Waals surface area contributed by atoms with Crippen molar-refractivity contribution in [2.45, 2.75) is 13.1 Å². The van der Waals surface area contributed by atoms with Crippen molar-refractivity contribution >= 4 is 5.96 Å². The summed E-state index contributed by atoms with van der Waals surface area (Å²) in [6, 6.07) is 20.2. The van der Waals surface area contributed by atoms with E-state index in [4.69, 9.17) is 5.84 Å². The first kappa shape index (κ1) is 13.1. The number of aliphatic imine (C=N–C) groups is 1. The molecule has 0 fully saturated rings. The molecular formula is C15H18N4. The molecule has 0 saturated carbocycles. The molecule has 98 valence electrons. The fourth-order valence-corrected chi connectivity index (χ4v) is 1.69. The Kier molecular flexibility index (Phi) is 4.96. The summed E-state index contributed by atoms with van der Waals surface area (Å²) in [5.41, 5.74) is 4.92. The summed E-state index contributed by atoms with van der Waals surface area (Å²) in [7, 11) is 0. The van der Waals surface area contributed by atoms with Crippen molar-refractivity contribution in [2.75, 3.05) is 0 Å². The molecule has 0 radical (unpaired) electrons. The fourth-order valence-electron chi connectivity index (χ4n) is 1.69. The van der Waals surface area contributed by atoms with Crippen molar-refractivity contribution in [1.29, 1.82) is 0 Å². The van der Waals surface area contributed by atoms with Gasteiger partial charge in [0.1, 0.15) is 0 Å². The van der Waals surface area contributed by atoms with Gasteiger partial charge in [-0.25, -0.2) is 10.8 Å². The van der Waals surface area contributed by atoms with Crippen LogP contribution in [0.5, 0.6) is 0 Å². The molecule has 0 bridgehead atoms. The van der Waals surface area contributed by atoms with Gasteiger partial charge in [-0.3, -0.25) is 5.43 Å². The van der Waals surface area contributed by atoms with E-state index in [0.29, 0.717) is 19.0 Å². The molecule has 0 spiro atoms. The van der Waals surface area contributed by atoms with E-state index in [9.17, 15) is 0 Å². The molecule has 0 aromatic heterocycles. The summed E-state index contributed by atoms with van der Waals surface area (Å²) in [6.07, 6.45) is 0. The van der Waals surface area contributed by atoms with Gasteiger partial charge in [-0.2, -0.15) is 0 Å². The second-order valence-electron chi connectivity index (χ2n) is 4.13. The van der Waals surface area contributed by atoms with Crippen LogP contribution in [0.3, 0.4) is 0 Å². The first-order valence-electron chi connectivity index (χ1n) is 6.21. The highest BCUT2D eigenvalue weighted by Crippen LogP contribution is 2.00. The van der Waals surface area contributed by atoms with Gasteiger partial charge in [-0.15, -0.1) is 0 Å². The van der Waals surface area contributed by atoms with Gasteiger partial charge in [0.2, 0.25) is 5.96 Å². The highest BCUT2D eigenvalue weighted by Gasteiger charge is 1.96. The van der Waals surface area contributed by atoms with Crippen LogP contribution >= 0.6 is 0 Å². The molecule has 4 N–H and O–H groups in total. The molecule has 2 aromatic carbocycles. The van der Waals surface area contributed by atoms with Gasteiger partial charge in [0.05, 0.1) is 6.54 Å². The Balaban J connectivity index is 1.89. The van der Waals surface area contributed by atoms with Crippen LogP contribution in [0.15, 0.2) is 65.7 Å². The van der Waals surface area contributed by atoms with Crippen LogP contribution in [0.25, 0.3) is 0 Å². The number of hydrogen-bond acceptors (Lipinski definition) is 2. The second-order valence-corrected chi connectivity index (χ2v) is 4.13. The van der Waals surface area contributed by atoms with E-state index in [1.54, 1.807) is 0 Å². The Morgan fingerprint density at radius 3 is 2.05 bits per heavy atom. The van der Waals surface area contributed by atoms with Crippen LogP contribution in [-0.2, 0) is 13.1 Å². The summed E-state index contributed by atoms with van der Waals surface area (Å²) in [5.74, 6) is 6.05. The van der Waals surface area contributed by atoms with Crippen molar-refractivity contribution in [1.82, 2.24) is 10.7 Å². The standard InChI is InChI=1S/C15H18N4/c16-19-15(17-11-13-7-3-1-4-8-13)18-12-14-9-5-2-6-10-14/h1-10H,11-12,16H2,(H2,17,18,19). The normalized spacial score (nSPS) is 11.1. The Morgan fingerprint density at radius 1 is 0.895 bits per heavy atom. The van der Waals surface area contributed by atoms with E-state index in [2.05, 4.69) is 27.9 Å². The maximum absolute atomic E-state index is 5.46. The van der Waals surface area contributed by atoms with E-state index in [1.807, 2.05) is 48.5 Å². The van der Waals surface area contributed by atoms with Crippen LogP contribution in [-0.4, -0.2) is 5.96 Å². The smallest absolute Gasteiger partial charge is 0.206 e. The predicted octanol–water partition coefficient (Wildman–Crippen LogP) is 1.80. The largest absolute Gasteiger partial charge is 0.351 e. The van der Waals surface area contributed by atoms with Gasteiger partial charge in [0.25, 0.3) is 0 Å². The van der Waals surface area contributed by atoms with Crippen LogP contribution in [0.4, 0.5) is 0 Å². The van der Waals surface area contributed by atoms with Crippen molar-refractivity contribution < 1.29 is 0 Å². The number of nitrogens with two attached hydrogens (primary N) is 1. The van der Waals surface area contributed by atoms with Gasteiger partial charge in [-0.1, -0.05) is 60.7 Å². The summed E-state index contributed by atoms with van der Waals surface area (Å²) in [5, 5.41) is 3.17. The lowest BCUT2D eigenvalue weighted by Crippen LogP contribution is -2.41. The molecule has 0 heterocycles. The average molecular weight is 254 g/mol. The zero-order valence-electron chi connectivity index (χ0n) is 10.7. The maximum atomic E-state index is 5.46. The third kappa shape index (κ3) is 4.44. The third-order valence-corrected chi connectivity index (χ3v) is 2.70. The molecule has 4 heteroatoms. The van der Waals surface area contributed by atoms with Crippen LogP contribution < -0.4 is 16.6 Å². The Hall–Kier alpha value is -2.33. The van der Waals surface area contributed by atoms with Crippen molar-refractivity contribution in [3.8, 4) is 0 Å². The Bertz CT molecular complexity index is 508. The summed E-state index contributed by atoms with van der Waals surface area (Å²) in [4.78, 5) is 4.40. The number of nitrogens with one attached hydrogen (secondary N) is 2. The van der Waals surface area contributed by atoms with Crippen molar-refractivity contribution in [3.63, 3.8) is 0 Å². The summed E-state index contributed by atoms with van der Waals surface area (Å²) >= 11 is 0. The molecule has 0 amide bonds. The maximum Gasteiger partial charge on any atom is 0.206 e. The molecular weight excluding hydrogens is 236 g/mol. The molecule has 19 heavy (non-hydrogen) atoms. The van der Waals surface area contributed by atoms with Crippen LogP contribution in [0, 0.1) is 0 Å². The van der Waals surface area contributed by atoms with Crippen molar-refractivity contribution in [2.24, 2.45) is 10.8 Å². The highest BCUT2D eigenvalue weighted by atomic mass is 15.3. The highest BCUT2D eigenvalue weighted by molar-refractivity contribution is 5.79. The number of hydrazine groups is 1. The molecule has 0 unspecified atom stereocenters. The van der Waals surface area contributed by atoms with Crippen LogP contribution in [0.2, 0.25) is 0 Å². The van der Waals surface area contributed by atoms with E-state index in [1.165, 1.54) is 5.56 Å². The van der Waals surface area contributed by atoms with Crippen LogP contribution in [0.1, 0.15) is 11.1 Å². The molecule has 4 nitrogen and oxygen atoms in total. The zero-order valence-corrected chi connectivity index (χ0v) is 10.7. The third-order valence-electron chi connectivity index (χ3n) is 2.70. The molecule has 2 aromatic rings. The molecule has 0 aliphatic carbocycles. The molecule has 0 aliphatic heterocycles. The van der Waals surface area contributed by atoms with E-state index < -0.39 is 0 Å². The lowest BCUT2D eigenvalue weighted by Gasteiger charge is -2.09. The van der Waals surface area contributed by atoms with Gasteiger partial charge in [0, 0.05) is 6.54 Å². The number of guanidine groups is 1. The summed E-state index contributed by atoms with van der Waals surface area (Å²) in [6.45, 7) is 1.29. The lowest BCUT2D eigenvalue weighted by atomic mass is 10.2. The number of rotatable bonds is 4. The van der Waals surface area contributed by atoms with Crippen molar-refractivity contribution in [3.05, 3.63) is 71.8 Å². The quantitative estimate of drug-likeness (QED) is 0.337. The lowest BCUT2D eigenvalue weighted by molar-refractivity contribution is 0.825. The minimum absolute atomic E-state index is 0.590. The van der Waals surface area contributed by atoms with Gasteiger partial charge in [0.15, 0.2) is 0 Å². The Labute approximate surface area is 113 Å². The topological polar surface area (TPSA) is 62.4 Å². The monoisotopic (exact) mass is 254 g/mol. The molecule has 2 rings (SSSR count). The van der Waals surface area contributed by atoms with E-state index in [-0.39, 0.29) is 0 Å². The van der Waals surface area contributed by atoms with Gasteiger partial charge in [-0.05, 0) is 11.1 Å². The number of hydrogen-bond donors (Lipinski definition) is 3. The molecule has 0 aliphatic rings. The predicted molar refractivity (Wildman–Crippen MR) is 78.2 cm³/mol. The first-order chi connectivity index (χ1) is 9.38. The second kappa shape index (κ2) is 7.18. The van der Waals surface area contributed by atoms with E-state index in [0.717, 1.165) is 5.56 Å². The van der Waals surface area contributed by atoms with E-state index >= 15 is 0 Å². The zero-order chi connectivity index (χ0) is 13.3. The summed E-state index contributed by atoms with van der Waals surface area (Å²) < 4.78 is 0. The Morgan fingerprint density at radius 2 is 1.47 bits per heavy atom. The SMILES string of the molecule is NNC(=NCc1ccccc1)NCc1ccccc1. The average Bonchev–Trinajstić information content (AvgIpc) is 2.49. The number of nitrogens with zero attached hydrogens (tertiary/aromatic N) is 1.